The highest BCUT2D eigenvalue weighted by molar-refractivity contribution is 7.91. The molecule has 0 spiro atoms. The SMILES string of the molecule is CCO/N=C(/C)C(Cc1ccc(OCCS(=O)(=O)c2ccccc2)cc1)C(=O)OC. The number of hydrogen-bond donors (Lipinski definition) is 0. The maximum Gasteiger partial charge on any atom is 0.314 e. The predicted molar refractivity (Wildman–Crippen MR) is 114 cm³/mol. The molecule has 1 atom stereocenters. The molecule has 0 aromatic heterocycles. The maximum absolute atomic E-state index is 12.3. The Morgan fingerprint density at radius 2 is 1.73 bits per heavy atom. The van der Waals surface area contributed by atoms with Gasteiger partial charge < -0.3 is 14.3 Å². The van der Waals surface area contributed by atoms with Crippen molar-refractivity contribution in [2.75, 3.05) is 26.1 Å². The predicted octanol–water partition coefficient (Wildman–Crippen LogP) is 3.28. The Balaban J connectivity index is 1.96. The monoisotopic (exact) mass is 433 g/mol. The zero-order valence-corrected chi connectivity index (χ0v) is 18.2. The molecule has 0 radical (unpaired) electrons. The summed E-state index contributed by atoms with van der Waals surface area (Å²) in [5.41, 5.74) is 1.43. The number of sulfone groups is 1. The molecule has 0 N–H and O–H groups in total. The lowest BCUT2D eigenvalue weighted by molar-refractivity contribution is -0.143. The van der Waals surface area contributed by atoms with E-state index in [0.717, 1.165) is 5.56 Å². The van der Waals surface area contributed by atoms with Gasteiger partial charge in [-0.15, -0.1) is 0 Å². The van der Waals surface area contributed by atoms with Crippen molar-refractivity contribution in [3.63, 3.8) is 0 Å². The van der Waals surface area contributed by atoms with Crippen molar-refractivity contribution in [1.29, 1.82) is 0 Å². The summed E-state index contributed by atoms with van der Waals surface area (Å²) in [4.78, 5) is 17.4. The van der Waals surface area contributed by atoms with Crippen LogP contribution < -0.4 is 4.74 Å². The Morgan fingerprint density at radius 1 is 1.07 bits per heavy atom. The van der Waals surface area contributed by atoms with Crippen LogP contribution in [0.5, 0.6) is 5.75 Å². The van der Waals surface area contributed by atoms with Crippen LogP contribution in [0, 0.1) is 5.92 Å². The summed E-state index contributed by atoms with van der Waals surface area (Å²) in [5.74, 6) is -0.501. The minimum absolute atomic E-state index is 0.0431. The molecule has 0 saturated carbocycles. The molecule has 0 aliphatic heterocycles. The molecule has 0 amide bonds. The highest BCUT2D eigenvalue weighted by atomic mass is 32.2. The standard InChI is InChI=1S/C22H27NO6S/c1-4-29-23-17(2)21(22(24)27-3)16-18-10-12-19(13-11-18)28-14-15-30(25,26)20-8-6-5-7-9-20/h5-13,21H,4,14-16H2,1-3H3/b23-17-. The van der Waals surface area contributed by atoms with Crippen molar-refractivity contribution >= 4 is 21.5 Å². The smallest absolute Gasteiger partial charge is 0.314 e. The summed E-state index contributed by atoms with van der Waals surface area (Å²) in [7, 11) is -2.05. The largest absolute Gasteiger partial charge is 0.493 e. The number of nitrogens with zero attached hydrogens (tertiary/aromatic N) is 1. The topological polar surface area (TPSA) is 91.3 Å². The molecular weight excluding hydrogens is 406 g/mol. The van der Waals surface area contributed by atoms with Gasteiger partial charge >= 0.3 is 5.97 Å². The van der Waals surface area contributed by atoms with Gasteiger partial charge in [-0.05, 0) is 50.1 Å². The van der Waals surface area contributed by atoms with Crippen LogP contribution in [-0.4, -0.2) is 46.2 Å². The summed E-state index contributed by atoms with van der Waals surface area (Å²) in [6.07, 6.45) is 0.401. The van der Waals surface area contributed by atoms with Gasteiger partial charge in [0.25, 0.3) is 0 Å². The van der Waals surface area contributed by atoms with Crippen LogP contribution in [0.4, 0.5) is 0 Å². The van der Waals surface area contributed by atoms with Crippen LogP contribution in [0.25, 0.3) is 0 Å². The van der Waals surface area contributed by atoms with E-state index in [4.69, 9.17) is 14.3 Å². The summed E-state index contributed by atoms with van der Waals surface area (Å²) >= 11 is 0. The minimum atomic E-state index is -3.39. The Labute approximate surface area is 177 Å². The summed E-state index contributed by atoms with van der Waals surface area (Å²) < 4.78 is 35.0. The molecule has 30 heavy (non-hydrogen) atoms. The van der Waals surface area contributed by atoms with Crippen LogP contribution in [-0.2, 0) is 30.6 Å². The van der Waals surface area contributed by atoms with Gasteiger partial charge in [0.1, 0.15) is 24.9 Å². The average Bonchev–Trinajstić information content (AvgIpc) is 2.76. The normalized spacial score (nSPS) is 12.8. The van der Waals surface area contributed by atoms with Crippen molar-refractivity contribution in [2.45, 2.75) is 25.2 Å². The van der Waals surface area contributed by atoms with Crippen LogP contribution in [0.1, 0.15) is 19.4 Å². The van der Waals surface area contributed by atoms with Crippen molar-refractivity contribution in [3.8, 4) is 5.75 Å². The molecule has 2 aromatic carbocycles. The van der Waals surface area contributed by atoms with E-state index >= 15 is 0 Å². The van der Waals surface area contributed by atoms with E-state index in [9.17, 15) is 13.2 Å². The van der Waals surface area contributed by atoms with Crippen molar-refractivity contribution in [1.82, 2.24) is 0 Å². The van der Waals surface area contributed by atoms with E-state index in [-0.39, 0.29) is 23.2 Å². The third kappa shape index (κ3) is 6.88. The van der Waals surface area contributed by atoms with Crippen LogP contribution >= 0.6 is 0 Å². The number of rotatable bonds is 11. The van der Waals surface area contributed by atoms with Gasteiger partial charge in [0, 0.05) is 0 Å². The van der Waals surface area contributed by atoms with E-state index < -0.39 is 15.8 Å². The highest BCUT2D eigenvalue weighted by Gasteiger charge is 2.23. The molecule has 0 aliphatic carbocycles. The molecule has 0 saturated heterocycles. The Hall–Kier alpha value is -2.87. The van der Waals surface area contributed by atoms with Gasteiger partial charge in [0.05, 0.1) is 23.5 Å². The fraction of sp³-hybridized carbons (Fsp3) is 0.364. The Morgan fingerprint density at radius 3 is 2.33 bits per heavy atom. The fourth-order valence-electron chi connectivity index (χ4n) is 2.75. The molecule has 2 aromatic rings. The molecule has 0 heterocycles. The van der Waals surface area contributed by atoms with Gasteiger partial charge in [-0.3, -0.25) is 4.79 Å². The number of ether oxygens (including phenoxy) is 2. The van der Waals surface area contributed by atoms with E-state index in [2.05, 4.69) is 5.16 Å². The first kappa shape index (κ1) is 23.4. The third-order valence-corrected chi connectivity index (χ3v) is 6.11. The number of methoxy groups -OCH3 is 1. The van der Waals surface area contributed by atoms with Gasteiger partial charge in [0.2, 0.25) is 0 Å². The molecule has 0 fully saturated rings. The number of carbonyl (C=O) groups excluding carboxylic acids is 1. The number of carbonyl (C=O) groups is 1. The van der Waals surface area contributed by atoms with Crippen LogP contribution in [0.2, 0.25) is 0 Å². The first-order valence-electron chi connectivity index (χ1n) is 9.61. The average molecular weight is 434 g/mol. The molecule has 162 valence electrons. The van der Waals surface area contributed by atoms with E-state index in [0.29, 0.717) is 24.5 Å². The summed E-state index contributed by atoms with van der Waals surface area (Å²) in [6.45, 7) is 3.99. The van der Waals surface area contributed by atoms with E-state index in [1.54, 1.807) is 49.4 Å². The molecular formula is C22H27NO6S. The number of oxime groups is 1. The van der Waals surface area contributed by atoms with Crippen molar-refractivity contribution < 1.29 is 27.5 Å². The first-order valence-corrected chi connectivity index (χ1v) is 11.3. The number of hydrogen-bond acceptors (Lipinski definition) is 7. The lowest BCUT2D eigenvalue weighted by Crippen LogP contribution is -2.26. The second kappa shape index (κ2) is 11.3. The summed E-state index contributed by atoms with van der Waals surface area (Å²) in [5, 5.41) is 3.95. The molecule has 8 heteroatoms. The lowest BCUT2D eigenvalue weighted by Gasteiger charge is -2.14. The highest BCUT2D eigenvalue weighted by Crippen LogP contribution is 2.18. The third-order valence-electron chi connectivity index (χ3n) is 4.41. The van der Waals surface area contributed by atoms with Gasteiger partial charge in [-0.2, -0.15) is 0 Å². The first-order chi connectivity index (χ1) is 14.4. The number of benzene rings is 2. The van der Waals surface area contributed by atoms with E-state index in [1.807, 2.05) is 19.1 Å². The molecule has 7 nitrogen and oxygen atoms in total. The maximum atomic E-state index is 12.3. The Bertz CT molecular complexity index is 939. The fourth-order valence-corrected chi connectivity index (χ4v) is 3.86. The molecule has 0 bridgehead atoms. The zero-order valence-electron chi connectivity index (χ0n) is 17.4. The lowest BCUT2D eigenvalue weighted by atomic mass is 9.95. The second-order valence-corrected chi connectivity index (χ2v) is 8.66. The minimum Gasteiger partial charge on any atom is -0.493 e. The Kier molecular flexibility index (Phi) is 8.86. The van der Waals surface area contributed by atoms with Crippen LogP contribution in [0.3, 0.4) is 0 Å². The molecule has 2 rings (SSSR count). The summed E-state index contributed by atoms with van der Waals surface area (Å²) in [6, 6.07) is 15.4. The van der Waals surface area contributed by atoms with E-state index in [1.165, 1.54) is 7.11 Å². The number of esters is 1. The quantitative estimate of drug-likeness (QED) is 0.307. The van der Waals surface area contributed by atoms with Crippen LogP contribution in [0.15, 0.2) is 64.6 Å². The second-order valence-electron chi connectivity index (χ2n) is 6.55. The zero-order chi connectivity index (χ0) is 22.0. The molecule has 1 unspecified atom stereocenters. The van der Waals surface area contributed by atoms with Gasteiger partial charge in [-0.1, -0.05) is 35.5 Å². The molecule has 0 aliphatic rings. The van der Waals surface area contributed by atoms with Gasteiger partial charge in [0.15, 0.2) is 9.84 Å². The van der Waals surface area contributed by atoms with Gasteiger partial charge in [-0.25, -0.2) is 8.42 Å². The van der Waals surface area contributed by atoms with Crippen molar-refractivity contribution in [3.05, 3.63) is 60.2 Å². The van der Waals surface area contributed by atoms with Crippen molar-refractivity contribution in [2.24, 2.45) is 11.1 Å².